The number of carbonyl (C=O) groups excluding carboxylic acids is 1. The number of amides is 1. The molecular formula is C19H30N2O3S. The molecule has 1 aliphatic carbocycles. The van der Waals surface area contributed by atoms with Gasteiger partial charge in [-0.2, -0.15) is 0 Å². The van der Waals surface area contributed by atoms with Crippen LogP contribution in [-0.2, 0) is 10.0 Å². The maximum absolute atomic E-state index is 12.2. The monoisotopic (exact) mass is 366 g/mol. The summed E-state index contributed by atoms with van der Waals surface area (Å²) < 4.78 is 27.0. The fraction of sp³-hybridized carbons (Fsp3) is 0.632. The van der Waals surface area contributed by atoms with Gasteiger partial charge in [0.15, 0.2) is 0 Å². The van der Waals surface area contributed by atoms with E-state index in [4.69, 9.17) is 0 Å². The molecule has 0 aliphatic heterocycles. The number of hydrogen-bond acceptors (Lipinski definition) is 3. The Balaban J connectivity index is 1.87. The van der Waals surface area contributed by atoms with Gasteiger partial charge in [-0.15, -0.1) is 0 Å². The third-order valence-electron chi connectivity index (χ3n) is 4.96. The average Bonchev–Trinajstić information content (AvgIpc) is 2.62. The molecule has 1 aromatic carbocycles. The van der Waals surface area contributed by atoms with Gasteiger partial charge in [-0.05, 0) is 49.9 Å². The van der Waals surface area contributed by atoms with E-state index in [9.17, 15) is 13.2 Å². The topological polar surface area (TPSA) is 75.3 Å². The van der Waals surface area contributed by atoms with Gasteiger partial charge in [0.05, 0.1) is 4.90 Å². The minimum Gasteiger partial charge on any atom is -0.352 e. The lowest BCUT2D eigenvalue weighted by atomic mass is 9.87. The van der Waals surface area contributed by atoms with E-state index in [2.05, 4.69) is 10.0 Å². The van der Waals surface area contributed by atoms with Crippen LogP contribution in [0, 0.1) is 5.92 Å². The van der Waals surface area contributed by atoms with E-state index in [1.54, 1.807) is 12.1 Å². The molecule has 2 N–H and O–H groups in total. The zero-order chi connectivity index (χ0) is 18.3. The minimum absolute atomic E-state index is 0.118. The Morgan fingerprint density at radius 3 is 2.40 bits per heavy atom. The van der Waals surface area contributed by atoms with Gasteiger partial charge in [0.1, 0.15) is 0 Å². The van der Waals surface area contributed by atoms with Crippen LogP contribution < -0.4 is 10.0 Å². The minimum atomic E-state index is -3.53. The standard InChI is InChI=1S/C19H30N2O3S/c1-3-15(2)21-25(23,24)18-11-9-17(10-12-18)19(22)20-14-13-16-7-5-4-6-8-16/h9-12,15-16,21H,3-8,13-14H2,1-2H3,(H,20,22). The van der Waals surface area contributed by atoms with Crippen molar-refractivity contribution in [3.05, 3.63) is 29.8 Å². The van der Waals surface area contributed by atoms with Crippen LogP contribution in [0.1, 0.15) is 69.2 Å². The third-order valence-corrected chi connectivity index (χ3v) is 6.56. The van der Waals surface area contributed by atoms with Crippen LogP contribution in [-0.4, -0.2) is 26.9 Å². The molecule has 0 radical (unpaired) electrons. The molecule has 0 saturated heterocycles. The molecule has 0 heterocycles. The highest BCUT2D eigenvalue weighted by molar-refractivity contribution is 7.89. The largest absolute Gasteiger partial charge is 0.352 e. The molecule has 6 heteroatoms. The van der Waals surface area contributed by atoms with Crippen LogP contribution in [0.25, 0.3) is 0 Å². The first-order chi connectivity index (χ1) is 11.9. The summed E-state index contributed by atoms with van der Waals surface area (Å²) in [6.07, 6.45) is 8.23. The molecule has 140 valence electrons. The summed E-state index contributed by atoms with van der Waals surface area (Å²) in [7, 11) is -3.53. The lowest BCUT2D eigenvalue weighted by molar-refractivity contribution is 0.0950. The number of nitrogens with one attached hydrogen (secondary N) is 2. The number of hydrogen-bond donors (Lipinski definition) is 2. The van der Waals surface area contributed by atoms with Crippen molar-refractivity contribution in [2.24, 2.45) is 5.92 Å². The highest BCUT2D eigenvalue weighted by atomic mass is 32.2. The molecule has 1 aliphatic rings. The molecular weight excluding hydrogens is 336 g/mol. The quantitative estimate of drug-likeness (QED) is 0.740. The Labute approximate surface area is 151 Å². The van der Waals surface area contributed by atoms with E-state index in [-0.39, 0.29) is 16.8 Å². The maximum Gasteiger partial charge on any atom is 0.251 e. The van der Waals surface area contributed by atoms with Gasteiger partial charge in [-0.3, -0.25) is 4.79 Å². The molecule has 1 unspecified atom stereocenters. The molecule has 25 heavy (non-hydrogen) atoms. The number of carbonyl (C=O) groups is 1. The summed E-state index contributed by atoms with van der Waals surface area (Å²) in [6.45, 7) is 4.43. The van der Waals surface area contributed by atoms with Gasteiger partial charge < -0.3 is 5.32 Å². The molecule has 5 nitrogen and oxygen atoms in total. The first-order valence-electron chi connectivity index (χ1n) is 9.33. The average molecular weight is 367 g/mol. The normalized spacial score (nSPS) is 17.2. The highest BCUT2D eigenvalue weighted by Gasteiger charge is 2.17. The second-order valence-electron chi connectivity index (χ2n) is 7.00. The van der Waals surface area contributed by atoms with Gasteiger partial charge in [-0.25, -0.2) is 13.1 Å². The van der Waals surface area contributed by atoms with E-state index >= 15 is 0 Å². The third kappa shape index (κ3) is 6.12. The molecule has 0 aromatic heterocycles. The molecule has 1 atom stereocenters. The molecule has 1 aromatic rings. The van der Waals surface area contributed by atoms with Crippen molar-refractivity contribution in [3.63, 3.8) is 0 Å². The summed E-state index contributed by atoms with van der Waals surface area (Å²) >= 11 is 0. The van der Waals surface area contributed by atoms with E-state index in [0.29, 0.717) is 12.1 Å². The Bertz CT molecular complexity index is 650. The molecule has 2 rings (SSSR count). The van der Waals surface area contributed by atoms with E-state index in [1.165, 1.54) is 44.2 Å². The van der Waals surface area contributed by atoms with Gasteiger partial charge >= 0.3 is 0 Å². The van der Waals surface area contributed by atoms with Crippen LogP contribution in [0.15, 0.2) is 29.2 Å². The predicted molar refractivity (Wildman–Crippen MR) is 100 cm³/mol. The van der Waals surface area contributed by atoms with Gasteiger partial charge in [0.25, 0.3) is 5.91 Å². The van der Waals surface area contributed by atoms with Crippen LogP contribution >= 0.6 is 0 Å². The van der Waals surface area contributed by atoms with Crippen molar-refractivity contribution in [1.82, 2.24) is 10.0 Å². The van der Waals surface area contributed by atoms with Crippen molar-refractivity contribution in [3.8, 4) is 0 Å². The molecule has 1 fully saturated rings. The Morgan fingerprint density at radius 1 is 1.16 bits per heavy atom. The zero-order valence-electron chi connectivity index (χ0n) is 15.3. The van der Waals surface area contributed by atoms with Crippen LogP contribution in [0.4, 0.5) is 0 Å². The second-order valence-corrected chi connectivity index (χ2v) is 8.72. The first-order valence-corrected chi connectivity index (χ1v) is 10.8. The highest BCUT2D eigenvalue weighted by Crippen LogP contribution is 2.25. The summed E-state index contributed by atoms with van der Waals surface area (Å²) in [5, 5.41) is 2.94. The molecule has 0 spiro atoms. The van der Waals surface area contributed by atoms with Crippen molar-refractivity contribution in [2.75, 3.05) is 6.54 Å². The van der Waals surface area contributed by atoms with E-state index < -0.39 is 10.0 Å². The predicted octanol–water partition coefficient (Wildman–Crippen LogP) is 3.46. The summed E-state index contributed by atoms with van der Waals surface area (Å²) in [5.41, 5.74) is 0.492. The number of rotatable bonds is 8. The maximum atomic E-state index is 12.2. The second kappa shape index (κ2) is 9.34. The molecule has 1 amide bonds. The van der Waals surface area contributed by atoms with Crippen LogP contribution in [0.2, 0.25) is 0 Å². The van der Waals surface area contributed by atoms with Gasteiger partial charge in [0.2, 0.25) is 10.0 Å². The fourth-order valence-corrected chi connectivity index (χ4v) is 4.50. The van der Waals surface area contributed by atoms with Gasteiger partial charge in [-0.1, -0.05) is 39.0 Å². The van der Waals surface area contributed by atoms with Gasteiger partial charge in [0, 0.05) is 18.2 Å². The lowest BCUT2D eigenvalue weighted by Gasteiger charge is -2.21. The number of benzene rings is 1. The summed E-state index contributed by atoms with van der Waals surface area (Å²) in [6, 6.07) is 6.00. The first kappa shape index (κ1) is 19.9. The summed E-state index contributed by atoms with van der Waals surface area (Å²) in [4.78, 5) is 12.4. The Hall–Kier alpha value is -1.40. The van der Waals surface area contributed by atoms with E-state index in [1.807, 2.05) is 13.8 Å². The van der Waals surface area contributed by atoms with E-state index in [0.717, 1.165) is 18.8 Å². The Morgan fingerprint density at radius 2 is 1.80 bits per heavy atom. The fourth-order valence-electron chi connectivity index (χ4n) is 3.17. The number of sulfonamides is 1. The Kier molecular flexibility index (Phi) is 7.44. The zero-order valence-corrected chi connectivity index (χ0v) is 16.1. The SMILES string of the molecule is CCC(C)NS(=O)(=O)c1ccc(C(=O)NCCC2CCCCC2)cc1. The lowest BCUT2D eigenvalue weighted by Crippen LogP contribution is -2.32. The van der Waals surface area contributed by atoms with Crippen molar-refractivity contribution in [1.29, 1.82) is 0 Å². The smallest absolute Gasteiger partial charge is 0.251 e. The van der Waals surface area contributed by atoms with Crippen LogP contribution in [0.5, 0.6) is 0 Å². The molecule has 1 saturated carbocycles. The van der Waals surface area contributed by atoms with Crippen LogP contribution in [0.3, 0.4) is 0 Å². The molecule has 0 bridgehead atoms. The summed E-state index contributed by atoms with van der Waals surface area (Å²) in [5.74, 6) is 0.586. The van der Waals surface area contributed by atoms with Crippen molar-refractivity contribution in [2.45, 2.75) is 69.7 Å². The van der Waals surface area contributed by atoms with Crippen molar-refractivity contribution < 1.29 is 13.2 Å². The van der Waals surface area contributed by atoms with Crippen molar-refractivity contribution >= 4 is 15.9 Å².